The minimum Gasteiger partial charge on any atom is -0.496 e. The van der Waals surface area contributed by atoms with Crippen LogP contribution in [-0.4, -0.2) is 31.1 Å². The van der Waals surface area contributed by atoms with Gasteiger partial charge in [0, 0.05) is 21.8 Å². The third-order valence-corrected chi connectivity index (χ3v) is 4.01. The number of carbonyl (C=O) groups is 3. The van der Waals surface area contributed by atoms with Crippen molar-refractivity contribution < 1.29 is 23.9 Å². The van der Waals surface area contributed by atoms with E-state index in [2.05, 4.69) is 26.6 Å². The van der Waals surface area contributed by atoms with E-state index in [9.17, 15) is 14.4 Å². The molecule has 0 saturated heterocycles. The van der Waals surface area contributed by atoms with Crippen LogP contribution in [0.4, 0.5) is 10.5 Å². The Labute approximate surface area is 170 Å². The van der Waals surface area contributed by atoms with E-state index in [-0.39, 0.29) is 0 Å². The van der Waals surface area contributed by atoms with E-state index in [1.807, 2.05) is 0 Å². The second-order valence-electron chi connectivity index (χ2n) is 5.61. The molecule has 28 heavy (non-hydrogen) atoms. The van der Waals surface area contributed by atoms with E-state index in [1.165, 1.54) is 26.2 Å². The third-order valence-electron chi connectivity index (χ3n) is 3.52. The number of para-hydroxylation sites is 1. The number of methoxy groups -OCH3 is 1. The summed E-state index contributed by atoms with van der Waals surface area (Å²) in [6, 6.07) is 13.2. The SMILES string of the molecule is COc1ccc(Br)cc1/C=C/C(=O)OC(C)C(=O)NC(=O)Nc1ccccc1. The van der Waals surface area contributed by atoms with Gasteiger partial charge in [0.1, 0.15) is 5.75 Å². The number of carbonyl (C=O) groups excluding carboxylic acids is 3. The highest BCUT2D eigenvalue weighted by Gasteiger charge is 2.19. The highest BCUT2D eigenvalue weighted by molar-refractivity contribution is 9.10. The van der Waals surface area contributed by atoms with Crippen molar-refractivity contribution in [2.24, 2.45) is 0 Å². The van der Waals surface area contributed by atoms with Gasteiger partial charge in [-0.1, -0.05) is 34.1 Å². The topological polar surface area (TPSA) is 93.7 Å². The van der Waals surface area contributed by atoms with Crippen molar-refractivity contribution in [2.75, 3.05) is 12.4 Å². The molecule has 7 nitrogen and oxygen atoms in total. The molecule has 0 aliphatic carbocycles. The molecule has 0 bridgehead atoms. The van der Waals surface area contributed by atoms with Crippen molar-refractivity contribution in [3.05, 3.63) is 64.6 Å². The normalized spacial score (nSPS) is 11.5. The number of rotatable bonds is 6. The average molecular weight is 447 g/mol. The lowest BCUT2D eigenvalue weighted by atomic mass is 10.2. The van der Waals surface area contributed by atoms with Crippen molar-refractivity contribution >= 4 is 45.6 Å². The first-order chi connectivity index (χ1) is 13.4. The van der Waals surface area contributed by atoms with Crippen molar-refractivity contribution in [1.82, 2.24) is 5.32 Å². The summed E-state index contributed by atoms with van der Waals surface area (Å²) in [5.74, 6) is -0.890. The molecule has 0 fully saturated rings. The minimum absolute atomic E-state index is 0.531. The molecule has 2 N–H and O–H groups in total. The zero-order valence-corrected chi connectivity index (χ0v) is 16.9. The molecular weight excluding hydrogens is 428 g/mol. The monoisotopic (exact) mass is 446 g/mol. The Morgan fingerprint density at radius 3 is 2.50 bits per heavy atom. The van der Waals surface area contributed by atoms with E-state index < -0.39 is 24.0 Å². The van der Waals surface area contributed by atoms with Gasteiger partial charge in [-0.25, -0.2) is 9.59 Å². The fraction of sp³-hybridized carbons (Fsp3) is 0.150. The van der Waals surface area contributed by atoms with Gasteiger partial charge in [0.25, 0.3) is 5.91 Å². The number of hydrogen-bond acceptors (Lipinski definition) is 5. The molecule has 0 saturated carbocycles. The molecule has 0 radical (unpaired) electrons. The van der Waals surface area contributed by atoms with Gasteiger partial charge in [0.2, 0.25) is 0 Å². The number of ether oxygens (including phenoxy) is 2. The van der Waals surface area contributed by atoms with Crippen molar-refractivity contribution in [1.29, 1.82) is 0 Å². The molecule has 146 valence electrons. The molecule has 0 aromatic heterocycles. The Kier molecular flexibility index (Phi) is 7.76. The minimum atomic E-state index is -1.15. The highest BCUT2D eigenvalue weighted by atomic mass is 79.9. The molecule has 1 atom stereocenters. The molecular formula is C20H19BrN2O5. The van der Waals surface area contributed by atoms with Crippen molar-refractivity contribution in [2.45, 2.75) is 13.0 Å². The van der Waals surface area contributed by atoms with Crippen LogP contribution in [-0.2, 0) is 14.3 Å². The van der Waals surface area contributed by atoms with Crippen molar-refractivity contribution in [3.63, 3.8) is 0 Å². The molecule has 3 amide bonds. The first-order valence-electron chi connectivity index (χ1n) is 8.28. The van der Waals surface area contributed by atoms with E-state index >= 15 is 0 Å². The predicted molar refractivity (Wildman–Crippen MR) is 109 cm³/mol. The van der Waals surface area contributed by atoms with E-state index in [0.29, 0.717) is 17.0 Å². The van der Waals surface area contributed by atoms with E-state index in [0.717, 1.165) is 4.47 Å². The summed E-state index contributed by atoms with van der Waals surface area (Å²) in [5, 5.41) is 4.62. The van der Waals surface area contributed by atoms with Gasteiger partial charge in [-0.2, -0.15) is 0 Å². The number of imide groups is 1. The Morgan fingerprint density at radius 1 is 1.11 bits per heavy atom. The van der Waals surface area contributed by atoms with Gasteiger partial charge < -0.3 is 14.8 Å². The molecule has 2 aromatic carbocycles. The first kappa shape index (κ1) is 21.2. The summed E-state index contributed by atoms with van der Waals surface area (Å²) >= 11 is 3.34. The highest BCUT2D eigenvalue weighted by Crippen LogP contribution is 2.24. The van der Waals surface area contributed by atoms with Crippen LogP contribution in [0.1, 0.15) is 12.5 Å². The van der Waals surface area contributed by atoms with Gasteiger partial charge in [0.05, 0.1) is 7.11 Å². The summed E-state index contributed by atoms with van der Waals surface area (Å²) in [5.41, 5.74) is 1.19. The zero-order chi connectivity index (χ0) is 20.5. The largest absolute Gasteiger partial charge is 0.496 e. The molecule has 0 heterocycles. The standard InChI is InChI=1S/C20H19BrN2O5/c1-13(19(25)23-20(26)22-16-6-4-3-5-7-16)28-18(24)11-8-14-12-15(21)9-10-17(14)27-2/h3-13H,1-2H3,(H2,22,23,25,26)/b11-8+. The van der Waals surface area contributed by atoms with Crippen LogP contribution < -0.4 is 15.4 Å². The summed E-state index contributed by atoms with van der Waals surface area (Å²) in [6.45, 7) is 1.37. The number of halogens is 1. The van der Waals surface area contributed by atoms with Gasteiger partial charge in [-0.15, -0.1) is 0 Å². The Hall–Kier alpha value is -3.13. The predicted octanol–water partition coefficient (Wildman–Crippen LogP) is 3.75. The summed E-state index contributed by atoms with van der Waals surface area (Å²) in [6.07, 6.45) is 1.54. The fourth-order valence-electron chi connectivity index (χ4n) is 2.16. The van der Waals surface area contributed by atoms with Crippen molar-refractivity contribution in [3.8, 4) is 5.75 Å². The Bertz CT molecular complexity index is 883. The number of amides is 3. The van der Waals surface area contributed by atoms with Gasteiger partial charge >= 0.3 is 12.0 Å². The molecule has 2 aromatic rings. The van der Waals surface area contributed by atoms with Crippen LogP contribution >= 0.6 is 15.9 Å². The summed E-state index contributed by atoms with van der Waals surface area (Å²) in [7, 11) is 1.52. The zero-order valence-electron chi connectivity index (χ0n) is 15.3. The van der Waals surface area contributed by atoms with Gasteiger partial charge in [-0.3, -0.25) is 10.1 Å². The molecule has 0 spiro atoms. The average Bonchev–Trinajstić information content (AvgIpc) is 2.67. The van der Waals surface area contributed by atoms with Crippen LogP contribution in [0, 0.1) is 0 Å². The maximum absolute atomic E-state index is 12.0. The Morgan fingerprint density at radius 2 is 1.82 bits per heavy atom. The van der Waals surface area contributed by atoms with Crippen LogP contribution in [0.25, 0.3) is 6.08 Å². The lowest BCUT2D eigenvalue weighted by Crippen LogP contribution is -2.41. The number of anilines is 1. The molecule has 0 aliphatic heterocycles. The van der Waals surface area contributed by atoms with Crippen LogP contribution in [0.3, 0.4) is 0 Å². The third kappa shape index (κ3) is 6.55. The smallest absolute Gasteiger partial charge is 0.331 e. The lowest BCUT2D eigenvalue weighted by Gasteiger charge is -2.12. The van der Waals surface area contributed by atoms with Crippen LogP contribution in [0.2, 0.25) is 0 Å². The second kappa shape index (κ2) is 10.3. The Balaban J connectivity index is 1.88. The quantitative estimate of drug-likeness (QED) is 0.520. The van der Waals surface area contributed by atoms with Crippen LogP contribution in [0.5, 0.6) is 5.75 Å². The lowest BCUT2D eigenvalue weighted by molar-refractivity contribution is -0.149. The maximum Gasteiger partial charge on any atom is 0.331 e. The van der Waals surface area contributed by atoms with Gasteiger partial charge in [-0.05, 0) is 43.3 Å². The number of benzene rings is 2. The van der Waals surface area contributed by atoms with Gasteiger partial charge in [0.15, 0.2) is 6.10 Å². The van der Waals surface area contributed by atoms with E-state index in [1.54, 1.807) is 48.5 Å². The van der Waals surface area contributed by atoms with E-state index in [4.69, 9.17) is 9.47 Å². The number of urea groups is 1. The fourth-order valence-corrected chi connectivity index (χ4v) is 2.54. The number of esters is 1. The molecule has 1 unspecified atom stereocenters. The first-order valence-corrected chi connectivity index (χ1v) is 9.07. The second-order valence-corrected chi connectivity index (χ2v) is 6.52. The molecule has 0 aliphatic rings. The summed E-state index contributed by atoms with van der Waals surface area (Å²) in [4.78, 5) is 35.8. The maximum atomic E-state index is 12.0. The number of nitrogens with one attached hydrogen (secondary N) is 2. The van der Waals surface area contributed by atoms with Crippen LogP contribution in [0.15, 0.2) is 59.1 Å². The summed E-state index contributed by atoms with van der Waals surface area (Å²) < 4.78 is 11.0. The molecule has 2 rings (SSSR count). The molecule has 8 heteroatoms. The number of hydrogen-bond donors (Lipinski definition) is 2.